The third-order valence-corrected chi connectivity index (χ3v) is 2.04. The molecule has 1 amide bonds. The van der Waals surface area contributed by atoms with Crippen molar-refractivity contribution in [3.05, 3.63) is 13.2 Å². The van der Waals surface area contributed by atoms with Crippen molar-refractivity contribution >= 4 is 5.91 Å². The van der Waals surface area contributed by atoms with Crippen LogP contribution in [0.2, 0.25) is 0 Å². The van der Waals surface area contributed by atoms with Crippen LogP contribution in [0.4, 0.5) is 0 Å². The second-order valence-electron chi connectivity index (χ2n) is 3.69. The van der Waals surface area contributed by atoms with Crippen LogP contribution in [0.15, 0.2) is 13.2 Å². The summed E-state index contributed by atoms with van der Waals surface area (Å²) in [5.74, 6) is 0.848. The lowest BCUT2D eigenvalue weighted by atomic mass is 10.1. The minimum Gasteiger partial charge on any atom is -0.343 e. The molecule has 0 aliphatic carbocycles. The van der Waals surface area contributed by atoms with E-state index in [0.717, 1.165) is 19.5 Å². The van der Waals surface area contributed by atoms with Gasteiger partial charge >= 0.3 is 0 Å². The Labute approximate surface area is 81.6 Å². The maximum atomic E-state index is 11.4. The quantitative estimate of drug-likeness (QED) is 0.602. The van der Waals surface area contributed by atoms with E-state index in [1.165, 1.54) is 12.8 Å². The van der Waals surface area contributed by atoms with E-state index < -0.39 is 0 Å². The summed E-state index contributed by atoms with van der Waals surface area (Å²) in [6.07, 6.45) is 3.12. The molecule has 0 aromatic rings. The van der Waals surface area contributed by atoms with E-state index in [1.54, 1.807) is 0 Å². The molecule has 0 saturated carbocycles. The van der Waals surface area contributed by atoms with Crippen LogP contribution < -0.4 is 0 Å². The summed E-state index contributed by atoms with van der Waals surface area (Å²) in [5.41, 5.74) is 0. The van der Waals surface area contributed by atoms with Crippen molar-refractivity contribution < 1.29 is 4.79 Å². The van der Waals surface area contributed by atoms with Gasteiger partial charge in [-0.2, -0.15) is 0 Å². The van der Waals surface area contributed by atoms with Crippen LogP contribution in [0.1, 0.15) is 33.1 Å². The van der Waals surface area contributed by atoms with Gasteiger partial charge in [0.25, 0.3) is 0 Å². The molecule has 1 heterocycles. The molecule has 1 rings (SSSR count). The first-order chi connectivity index (χ1) is 6.20. The molecule has 76 valence electrons. The molecule has 0 radical (unpaired) electrons. The molecular formula is C11H21NO. The van der Waals surface area contributed by atoms with E-state index in [-0.39, 0.29) is 0 Å². The van der Waals surface area contributed by atoms with E-state index in [0.29, 0.717) is 11.8 Å². The molecule has 0 atom stereocenters. The van der Waals surface area contributed by atoms with E-state index in [1.807, 2.05) is 4.90 Å². The molecule has 0 aromatic carbocycles. The minimum atomic E-state index is 0.345. The molecule has 0 bridgehead atoms. The van der Waals surface area contributed by atoms with Gasteiger partial charge in [0.1, 0.15) is 0 Å². The fourth-order valence-electron chi connectivity index (χ4n) is 1.44. The van der Waals surface area contributed by atoms with Crippen LogP contribution >= 0.6 is 0 Å². The Kier molecular flexibility index (Phi) is 6.29. The first kappa shape index (κ1) is 12.2. The van der Waals surface area contributed by atoms with Crippen LogP contribution in [-0.2, 0) is 4.79 Å². The minimum absolute atomic E-state index is 0.345. The Hall–Kier alpha value is -0.790. The molecule has 0 N–H and O–H groups in total. The molecule has 1 fully saturated rings. The van der Waals surface area contributed by atoms with E-state index >= 15 is 0 Å². The third kappa shape index (κ3) is 4.71. The van der Waals surface area contributed by atoms with Crippen LogP contribution in [0, 0.1) is 5.92 Å². The molecule has 0 spiro atoms. The molecule has 1 aliphatic rings. The zero-order chi connectivity index (χ0) is 10.3. The van der Waals surface area contributed by atoms with Crippen molar-refractivity contribution in [2.24, 2.45) is 5.92 Å². The second-order valence-corrected chi connectivity index (χ2v) is 3.69. The summed E-state index contributed by atoms with van der Waals surface area (Å²) in [5, 5.41) is 0. The largest absolute Gasteiger partial charge is 0.343 e. The summed E-state index contributed by atoms with van der Waals surface area (Å²) in [6, 6.07) is 0. The Morgan fingerprint density at radius 3 is 2.15 bits per heavy atom. The number of rotatable bonds is 2. The number of carbonyl (C=O) groups excluding carboxylic acids is 1. The zero-order valence-electron chi connectivity index (χ0n) is 8.88. The lowest BCUT2D eigenvalue weighted by molar-refractivity contribution is -0.130. The van der Waals surface area contributed by atoms with Gasteiger partial charge in [0.2, 0.25) is 5.91 Å². The van der Waals surface area contributed by atoms with E-state index in [9.17, 15) is 4.79 Å². The van der Waals surface area contributed by atoms with Gasteiger partial charge in [-0.3, -0.25) is 4.79 Å². The monoisotopic (exact) mass is 183 g/mol. The second kappa shape index (κ2) is 6.70. The average Bonchev–Trinajstić information content (AvgIpc) is 2.58. The first-order valence-electron chi connectivity index (χ1n) is 4.98. The molecule has 1 aliphatic heterocycles. The molecule has 1 saturated heterocycles. The predicted octanol–water partition coefficient (Wildman–Crippen LogP) is 2.46. The number of amides is 1. The SMILES string of the molecule is C=C.CC(C)CC(=O)N1CCCC1. The highest BCUT2D eigenvalue weighted by Crippen LogP contribution is 2.11. The number of hydrogen-bond donors (Lipinski definition) is 0. The summed E-state index contributed by atoms with van der Waals surface area (Å²) in [6.45, 7) is 12.2. The van der Waals surface area contributed by atoms with E-state index in [2.05, 4.69) is 27.0 Å². The van der Waals surface area contributed by atoms with Crippen LogP contribution in [-0.4, -0.2) is 23.9 Å². The van der Waals surface area contributed by atoms with Crippen LogP contribution in [0.3, 0.4) is 0 Å². The summed E-state index contributed by atoms with van der Waals surface area (Å²) in [4.78, 5) is 13.4. The molecular weight excluding hydrogens is 162 g/mol. The van der Waals surface area contributed by atoms with Gasteiger partial charge in [-0.15, -0.1) is 13.2 Å². The van der Waals surface area contributed by atoms with Gasteiger partial charge in [-0.05, 0) is 18.8 Å². The van der Waals surface area contributed by atoms with Gasteiger partial charge in [-0.1, -0.05) is 13.8 Å². The lowest BCUT2D eigenvalue weighted by Gasteiger charge is -2.16. The predicted molar refractivity (Wildman–Crippen MR) is 56.5 cm³/mol. The molecule has 0 unspecified atom stereocenters. The zero-order valence-corrected chi connectivity index (χ0v) is 8.88. The normalized spacial score (nSPS) is 15.5. The van der Waals surface area contributed by atoms with Crippen molar-refractivity contribution in [1.82, 2.24) is 4.90 Å². The standard InChI is InChI=1S/C9H17NO.C2H4/c1-8(2)7-9(11)10-5-3-4-6-10;1-2/h8H,3-7H2,1-2H3;1-2H2. The third-order valence-electron chi connectivity index (χ3n) is 2.04. The summed E-state index contributed by atoms with van der Waals surface area (Å²) >= 11 is 0. The fourth-order valence-corrected chi connectivity index (χ4v) is 1.44. The van der Waals surface area contributed by atoms with E-state index in [4.69, 9.17) is 0 Å². The van der Waals surface area contributed by atoms with Gasteiger partial charge in [0, 0.05) is 19.5 Å². The van der Waals surface area contributed by atoms with Gasteiger partial charge in [0.05, 0.1) is 0 Å². The maximum absolute atomic E-state index is 11.4. The van der Waals surface area contributed by atoms with Gasteiger partial charge in [-0.25, -0.2) is 0 Å². The first-order valence-corrected chi connectivity index (χ1v) is 4.98. The number of nitrogens with zero attached hydrogens (tertiary/aromatic N) is 1. The fraction of sp³-hybridized carbons (Fsp3) is 0.727. The van der Waals surface area contributed by atoms with Crippen molar-refractivity contribution in [1.29, 1.82) is 0 Å². The molecule has 0 aromatic heterocycles. The smallest absolute Gasteiger partial charge is 0.222 e. The molecule has 13 heavy (non-hydrogen) atoms. The molecule has 2 heteroatoms. The van der Waals surface area contributed by atoms with Crippen molar-refractivity contribution in [3.8, 4) is 0 Å². The highest BCUT2D eigenvalue weighted by atomic mass is 16.2. The summed E-state index contributed by atoms with van der Waals surface area (Å²) < 4.78 is 0. The van der Waals surface area contributed by atoms with Gasteiger partial charge in [0.15, 0.2) is 0 Å². The lowest BCUT2D eigenvalue weighted by Crippen LogP contribution is -2.28. The Morgan fingerprint density at radius 2 is 1.77 bits per heavy atom. The Morgan fingerprint density at radius 1 is 1.31 bits per heavy atom. The van der Waals surface area contributed by atoms with Crippen molar-refractivity contribution in [2.45, 2.75) is 33.1 Å². The van der Waals surface area contributed by atoms with Gasteiger partial charge < -0.3 is 4.90 Å². The van der Waals surface area contributed by atoms with Crippen molar-refractivity contribution in [2.75, 3.05) is 13.1 Å². The van der Waals surface area contributed by atoms with Crippen LogP contribution in [0.25, 0.3) is 0 Å². The molecule has 2 nitrogen and oxygen atoms in total. The number of hydrogen-bond acceptors (Lipinski definition) is 1. The highest BCUT2D eigenvalue weighted by Gasteiger charge is 2.17. The Bertz CT molecular complexity index is 148. The summed E-state index contributed by atoms with van der Waals surface area (Å²) in [7, 11) is 0. The average molecular weight is 183 g/mol. The number of carbonyl (C=O) groups is 1. The van der Waals surface area contributed by atoms with Crippen LogP contribution in [0.5, 0.6) is 0 Å². The topological polar surface area (TPSA) is 20.3 Å². The maximum Gasteiger partial charge on any atom is 0.222 e. The Balaban J connectivity index is 0.000000671. The van der Waals surface area contributed by atoms with Crippen molar-refractivity contribution in [3.63, 3.8) is 0 Å². The number of likely N-dealkylation sites (tertiary alicyclic amines) is 1. The highest BCUT2D eigenvalue weighted by molar-refractivity contribution is 5.76.